The Morgan fingerprint density at radius 3 is 2.35 bits per heavy atom. The number of benzene rings is 2. The van der Waals surface area contributed by atoms with Crippen LogP contribution in [-0.2, 0) is 13.2 Å². The van der Waals surface area contributed by atoms with Crippen molar-refractivity contribution in [3.05, 3.63) is 65.2 Å². The minimum absolute atomic E-state index is 0.0299. The topological polar surface area (TPSA) is 61.4 Å². The molecule has 0 radical (unpaired) electrons. The average Bonchev–Trinajstić information content (AvgIpc) is 2.53. The van der Waals surface area contributed by atoms with Gasteiger partial charge in [0.15, 0.2) is 0 Å². The van der Waals surface area contributed by atoms with Crippen LogP contribution in [-0.4, -0.2) is 18.1 Å². The monoisotopic (exact) mass is 270 g/mol. The first-order chi connectivity index (χ1) is 9.74. The summed E-state index contributed by atoms with van der Waals surface area (Å²) in [7, 11) is 1.79. The lowest BCUT2D eigenvalue weighted by Gasteiger charge is -2.10. The van der Waals surface area contributed by atoms with Gasteiger partial charge in [-0.25, -0.2) is 0 Å². The van der Waals surface area contributed by atoms with Gasteiger partial charge in [0.1, 0.15) is 0 Å². The van der Waals surface area contributed by atoms with Gasteiger partial charge in [-0.05, 0) is 23.3 Å². The van der Waals surface area contributed by atoms with Gasteiger partial charge in [0, 0.05) is 19.3 Å². The third kappa shape index (κ3) is 3.36. The smallest absolute Gasteiger partial charge is 0.253 e. The van der Waals surface area contributed by atoms with Crippen LogP contribution in [0.4, 0.5) is 5.69 Å². The molecule has 0 aliphatic heterocycles. The molecule has 0 aliphatic rings. The number of aliphatic hydroxyl groups excluding tert-OH is 1. The molecule has 3 N–H and O–H groups in total. The molecule has 2 rings (SSSR count). The lowest BCUT2D eigenvalue weighted by molar-refractivity contribution is 0.0951. The number of aliphatic hydroxyl groups is 1. The molecule has 0 unspecified atom stereocenters. The van der Waals surface area contributed by atoms with E-state index in [2.05, 4.69) is 10.6 Å². The Hall–Kier alpha value is -2.33. The first-order valence-electron chi connectivity index (χ1n) is 6.48. The molecule has 0 saturated heterocycles. The lowest BCUT2D eigenvalue weighted by atomic mass is 10.1. The molecule has 0 aromatic heterocycles. The fraction of sp³-hybridized carbons (Fsp3) is 0.188. The van der Waals surface area contributed by atoms with E-state index in [4.69, 9.17) is 5.11 Å². The second kappa shape index (κ2) is 6.73. The van der Waals surface area contributed by atoms with Crippen molar-refractivity contribution in [2.75, 3.05) is 12.4 Å². The zero-order chi connectivity index (χ0) is 14.4. The van der Waals surface area contributed by atoms with Gasteiger partial charge in [-0.1, -0.05) is 36.4 Å². The molecule has 0 heterocycles. The van der Waals surface area contributed by atoms with E-state index in [1.54, 1.807) is 13.1 Å². The number of hydrogen-bond donors (Lipinski definition) is 3. The van der Waals surface area contributed by atoms with E-state index in [1.807, 2.05) is 42.5 Å². The maximum Gasteiger partial charge on any atom is 0.253 e. The van der Waals surface area contributed by atoms with E-state index < -0.39 is 0 Å². The number of anilines is 1. The van der Waals surface area contributed by atoms with Gasteiger partial charge in [0.05, 0.1) is 12.2 Å². The van der Waals surface area contributed by atoms with E-state index >= 15 is 0 Å². The predicted octanol–water partition coefficient (Wildman–Crippen LogP) is 2.15. The molecular formula is C16H18N2O2. The molecule has 0 spiro atoms. The number of para-hydroxylation sites is 1. The predicted molar refractivity (Wildman–Crippen MR) is 79.5 cm³/mol. The molecular weight excluding hydrogens is 252 g/mol. The maximum atomic E-state index is 12.1. The van der Waals surface area contributed by atoms with Crippen molar-refractivity contribution < 1.29 is 9.90 Å². The summed E-state index contributed by atoms with van der Waals surface area (Å²) in [6.07, 6.45) is 0. The molecule has 4 nitrogen and oxygen atoms in total. The summed E-state index contributed by atoms with van der Waals surface area (Å²) in [6, 6.07) is 14.9. The van der Waals surface area contributed by atoms with Gasteiger partial charge >= 0.3 is 0 Å². The van der Waals surface area contributed by atoms with Crippen LogP contribution in [0.15, 0.2) is 48.5 Å². The summed E-state index contributed by atoms with van der Waals surface area (Å²) in [6.45, 7) is 0.491. The van der Waals surface area contributed by atoms with Crippen molar-refractivity contribution in [3.8, 4) is 0 Å². The molecule has 0 saturated carbocycles. The van der Waals surface area contributed by atoms with Gasteiger partial charge in [0.25, 0.3) is 5.91 Å². The molecule has 1 amide bonds. The molecule has 0 aliphatic carbocycles. The Morgan fingerprint density at radius 2 is 1.70 bits per heavy atom. The van der Waals surface area contributed by atoms with Crippen LogP contribution in [0.2, 0.25) is 0 Å². The number of rotatable bonds is 5. The number of nitrogens with one attached hydrogen (secondary N) is 2. The highest BCUT2D eigenvalue weighted by Crippen LogP contribution is 2.14. The van der Waals surface area contributed by atoms with Gasteiger partial charge < -0.3 is 15.7 Å². The summed E-state index contributed by atoms with van der Waals surface area (Å²) in [4.78, 5) is 12.1. The highest BCUT2D eigenvalue weighted by Gasteiger charge is 2.09. The highest BCUT2D eigenvalue weighted by molar-refractivity contribution is 5.99. The zero-order valence-electron chi connectivity index (χ0n) is 11.4. The van der Waals surface area contributed by atoms with Crippen LogP contribution in [0.1, 0.15) is 21.5 Å². The van der Waals surface area contributed by atoms with Crippen LogP contribution < -0.4 is 10.6 Å². The van der Waals surface area contributed by atoms with Gasteiger partial charge in [-0.3, -0.25) is 4.79 Å². The van der Waals surface area contributed by atoms with Crippen LogP contribution >= 0.6 is 0 Å². The summed E-state index contributed by atoms with van der Waals surface area (Å²) in [5.74, 6) is -0.110. The number of amides is 1. The molecule has 2 aromatic carbocycles. The summed E-state index contributed by atoms with van der Waals surface area (Å²) < 4.78 is 0. The average molecular weight is 270 g/mol. The minimum Gasteiger partial charge on any atom is -0.392 e. The van der Waals surface area contributed by atoms with Crippen molar-refractivity contribution in [3.63, 3.8) is 0 Å². The van der Waals surface area contributed by atoms with Crippen LogP contribution in [0.3, 0.4) is 0 Å². The zero-order valence-corrected chi connectivity index (χ0v) is 11.4. The molecule has 104 valence electrons. The van der Waals surface area contributed by atoms with Gasteiger partial charge in [-0.2, -0.15) is 0 Å². The summed E-state index contributed by atoms with van der Waals surface area (Å²) in [5, 5.41) is 14.9. The van der Waals surface area contributed by atoms with Gasteiger partial charge in [0.2, 0.25) is 0 Å². The quantitative estimate of drug-likeness (QED) is 0.780. The number of carbonyl (C=O) groups is 1. The van der Waals surface area contributed by atoms with Crippen LogP contribution in [0, 0.1) is 0 Å². The molecule has 20 heavy (non-hydrogen) atoms. The molecule has 0 fully saturated rings. The first-order valence-corrected chi connectivity index (χ1v) is 6.48. The van der Waals surface area contributed by atoms with E-state index in [-0.39, 0.29) is 12.5 Å². The van der Waals surface area contributed by atoms with Crippen molar-refractivity contribution in [1.82, 2.24) is 5.32 Å². The van der Waals surface area contributed by atoms with E-state index in [9.17, 15) is 4.79 Å². The molecule has 0 atom stereocenters. The Kier molecular flexibility index (Phi) is 4.74. The van der Waals surface area contributed by atoms with Crippen molar-refractivity contribution in [2.24, 2.45) is 0 Å². The summed E-state index contributed by atoms with van der Waals surface area (Å²) in [5.41, 5.74) is 3.29. The minimum atomic E-state index is -0.110. The van der Waals surface area contributed by atoms with E-state index in [0.717, 1.165) is 16.8 Å². The lowest BCUT2D eigenvalue weighted by Crippen LogP contribution is -2.23. The molecule has 0 bridgehead atoms. The second-order valence-corrected chi connectivity index (χ2v) is 4.45. The number of hydrogen-bond acceptors (Lipinski definition) is 3. The third-order valence-corrected chi connectivity index (χ3v) is 3.10. The third-order valence-electron chi connectivity index (χ3n) is 3.10. The fourth-order valence-electron chi connectivity index (χ4n) is 1.94. The van der Waals surface area contributed by atoms with Crippen molar-refractivity contribution in [2.45, 2.75) is 13.2 Å². The first kappa shape index (κ1) is 14.1. The van der Waals surface area contributed by atoms with Crippen LogP contribution in [0.5, 0.6) is 0 Å². The molecule has 4 heteroatoms. The summed E-state index contributed by atoms with van der Waals surface area (Å²) >= 11 is 0. The molecule has 2 aromatic rings. The highest BCUT2D eigenvalue weighted by atomic mass is 16.3. The standard InChI is InChI=1S/C16H18N2O2/c1-17-15-5-3-2-4-14(15)16(20)18-10-12-6-8-13(11-19)9-7-12/h2-9,17,19H,10-11H2,1H3,(H,18,20). The Morgan fingerprint density at radius 1 is 1.05 bits per heavy atom. The fourth-order valence-corrected chi connectivity index (χ4v) is 1.94. The van der Waals surface area contributed by atoms with Gasteiger partial charge in [-0.15, -0.1) is 0 Å². The maximum absolute atomic E-state index is 12.1. The Labute approximate surface area is 118 Å². The Bertz CT molecular complexity index is 579. The SMILES string of the molecule is CNc1ccccc1C(=O)NCc1ccc(CO)cc1. The normalized spacial score (nSPS) is 10.1. The largest absolute Gasteiger partial charge is 0.392 e. The van der Waals surface area contributed by atoms with Crippen molar-refractivity contribution in [1.29, 1.82) is 0 Å². The van der Waals surface area contributed by atoms with E-state index in [0.29, 0.717) is 12.1 Å². The number of carbonyl (C=O) groups excluding carboxylic acids is 1. The van der Waals surface area contributed by atoms with E-state index in [1.165, 1.54) is 0 Å². The van der Waals surface area contributed by atoms with Crippen molar-refractivity contribution >= 4 is 11.6 Å². The van der Waals surface area contributed by atoms with Crippen LogP contribution in [0.25, 0.3) is 0 Å². The second-order valence-electron chi connectivity index (χ2n) is 4.45. The Balaban J connectivity index is 2.01.